The topological polar surface area (TPSA) is 288 Å². The second-order valence-electron chi connectivity index (χ2n) is 27.3. The Labute approximate surface area is 543 Å². The zero-order valence-corrected chi connectivity index (χ0v) is 60.0. The van der Waals surface area contributed by atoms with Gasteiger partial charge in [-0.2, -0.15) is 0 Å². The molecule has 0 radical (unpaired) electrons. The van der Waals surface area contributed by atoms with E-state index in [0.29, 0.717) is 12.8 Å². The highest BCUT2D eigenvalue weighted by Crippen LogP contribution is 2.27. The molecule has 0 saturated carbocycles. The minimum absolute atomic E-state index is 0.00317. The van der Waals surface area contributed by atoms with Crippen LogP contribution in [-0.2, 0) is 57.5 Å². The molecule has 25 heteroatoms. The van der Waals surface area contributed by atoms with Gasteiger partial charge in [0.2, 0.25) is 65.0 Å². The van der Waals surface area contributed by atoms with Crippen molar-refractivity contribution in [2.45, 2.75) is 235 Å². The van der Waals surface area contributed by atoms with Gasteiger partial charge < -0.3 is 65.4 Å². The number of ether oxygens (including phenoxy) is 1. The van der Waals surface area contributed by atoms with E-state index in [2.05, 4.69) is 21.3 Å². The second-order valence-corrected chi connectivity index (χ2v) is 28.1. The fourth-order valence-electron chi connectivity index (χ4n) is 11.0. The molecule has 24 nitrogen and oxygen atoms in total. The van der Waals surface area contributed by atoms with E-state index in [0.717, 1.165) is 9.80 Å². The predicted octanol–water partition coefficient (Wildman–Crippen LogP) is 4.12. The third kappa shape index (κ3) is 23.7. The first-order valence-corrected chi connectivity index (χ1v) is 33.4. The standard InChI is InChI=1S/C65H117N11O13S/c1-26-28-29-42(13)54(78)53-58(82)68-45(27-2)60(84)70(18)35-50(77)71(19)49(34-65(16,17)89-36-90-25)57(81)69-51(40(9)10)63(87)73(21)47(32-38(5)6)56(80)66-43(14)55(79)67-44(15)59(83)74(22)48(33-39(7)8)62(86)72(20)46(31-30-37(3)4)61(85)75(23)52(41(11)12)64(88)76(53)24/h26,28,37-49,51-54,78H,27,29-36H2,1-25H3,(H,66,80)(H,67,79)(H,68,82)(H,69,81)/b28-26+/t42-,43-,44+,45-,46-,47-,48+,49+,51-,52-,53+,54-/m1/s1. The number of carbonyl (C=O) groups excluding carboxylic acids is 11. The first kappa shape index (κ1) is 82.2. The third-order valence-corrected chi connectivity index (χ3v) is 17.3. The number of thioether (sulfide) groups is 1. The molecule has 5 N–H and O–H groups in total. The van der Waals surface area contributed by atoms with Gasteiger partial charge in [0.15, 0.2) is 0 Å². The number of hydrogen-bond acceptors (Lipinski definition) is 14. The number of carbonyl (C=O) groups is 11. The van der Waals surface area contributed by atoms with Crippen LogP contribution in [0.4, 0.5) is 0 Å². The average Bonchev–Trinajstić information content (AvgIpc) is 0.848. The van der Waals surface area contributed by atoms with Crippen molar-refractivity contribution in [1.29, 1.82) is 0 Å². The van der Waals surface area contributed by atoms with Crippen LogP contribution in [0.2, 0.25) is 0 Å². The van der Waals surface area contributed by atoms with Crippen molar-refractivity contribution in [2.24, 2.45) is 35.5 Å². The van der Waals surface area contributed by atoms with Gasteiger partial charge in [-0.1, -0.05) is 95.2 Å². The molecule has 1 aliphatic rings. The van der Waals surface area contributed by atoms with Crippen LogP contribution >= 0.6 is 11.8 Å². The van der Waals surface area contributed by atoms with Gasteiger partial charge in [-0.3, -0.25) is 52.7 Å². The predicted molar refractivity (Wildman–Crippen MR) is 352 cm³/mol. The van der Waals surface area contributed by atoms with Crippen molar-refractivity contribution in [3.05, 3.63) is 12.2 Å². The molecule has 516 valence electrons. The average molecular weight is 1290 g/mol. The Morgan fingerprint density at radius 1 is 0.567 bits per heavy atom. The number of hydrogen-bond donors (Lipinski definition) is 5. The van der Waals surface area contributed by atoms with Crippen molar-refractivity contribution in [1.82, 2.24) is 55.6 Å². The van der Waals surface area contributed by atoms with Gasteiger partial charge in [0.1, 0.15) is 60.4 Å². The Kier molecular flexibility index (Phi) is 34.4. The molecule has 0 spiro atoms. The lowest BCUT2D eigenvalue weighted by Gasteiger charge is -2.41. The number of aliphatic hydroxyl groups excluding tert-OH is 1. The Balaban J connectivity index is 4.42. The van der Waals surface area contributed by atoms with Crippen LogP contribution in [0.15, 0.2) is 12.2 Å². The smallest absolute Gasteiger partial charge is 0.246 e. The summed E-state index contributed by atoms with van der Waals surface area (Å²) in [5.74, 6) is -9.40. The summed E-state index contributed by atoms with van der Waals surface area (Å²) >= 11 is 1.40. The largest absolute Gasteiger partial charge is 0.390 e. The normalized spacial score (nSPS) is 26.2. The van der Waals surface area contributed by atoms with Gasteiger partial charge in [0.25, 0.3) is 0 Å². The van der Waals surface area contributed by atoms with Crippen LogP contribution in [0.25, 0.3) is 0 Å². The molecule has 0 bridgehead atoms. The lowest BCUT2D eigenvalue weighted by atomic mass is 9.91. The van der Waals surface area contributed by atoms with Crippen molar-refractivity contribution in [3.8, 4) is 0 Å². The van der Waals surface area contributed by atoms with E-state index < -0.39 is 161 Å². The highest BCUT2D eigenvalue weighted by Gasteiger charge is 2.46. The lowest BCUT2D eigenvalue weighted by molar-refractivity contribution is -0.157. The van der Waals surface area contributed by atoms with E-state index in [1.807, 2.05) is 47.8 Å². The van der Waals surface area contributed by atoms with Crippen LogP contribution in [0.3, 0.4) is 0 Å². The van der Waals surface area contributed by atoms with Crippen LogP contribution in [0, 0.1) is 35.5 Å². The number of nitrogens with one attached hydrogen (secondary N) is 4. The summed E-state index contributed by atoms with van der Waals surface area (Å²) in [7, 11) is 9.90. The van der Waals surface area contributed by atoms with Crippen LogP contribution < -0.4 is 21.3 Å². The summed E-state index contributed by atoms with van der Waals surface area (Å²) < 4.78 is 6.12. The minimum Gasteiger partial charge on any atom is -0.390 e. The van der Waals surface area contributed by atoms with Crippen LogP contribution in [0.1, 0.15) is 163 Å². The van der Waals surface area contributed by atoms with Crippen molar-refractivity contribution < 1.29 is 62.6 Å². The second kappa shape index (κ2) is 37.6. The van der Waals surface area contributed by atoms with Crippen LogP contribution in [0.5, 0.6) is 0 Å². The Hall–Kier alpha value is -5.82. The number of aliphatic hydroxyl groups is 1. The Bertz CT molecular complexity index is 2460. The zero-order chi connectivity index (χ0) is 69.7. The monoisotopic (exact) mass is 1290 g/mol. The SMILES string of the molecule is C/C=C/C[C@@H](C)[C@@H](O)[C@H]1C(=O)N[C@H](CC)C(=O)N(C)CC(=O)N(C)[C@@H](CC(C)(C)OCSC)C(=O)N[C@H](C(C)C)C(=O)N(C)[C@H](CC(C)C)C(=O)N[C@H](C)C(=O)N[C@@H](C)C(=O)N(C)[C@@H](CC(C)C)C(=O)N(C)[C@H](CCC(C)C)C(=O)N(C)[C@H](C(C)C)C(=O)N1C. The quantitative estimate of drug-likeness (QED) is 0.0899. The molecule has 90 heavy (non-hydrogen) atoms. The van der Waals surface area contributed by atoms with E-state index in [4.69, 9.17) is 4.74 Å². The molecule has 1 aliphatic heterocycles. The number of rotatable bonds is 19. The van der Waals surface area contributed by atoms with Gasteiger partial charge >= 0.3 is 0 Å². The number of allylic oxidation sites excluding steroid dienone is 2. The molecule has 0 unspecified atom stereocenters. The minimum atomic E-state index is -1.63. The van der Waals surface area contributed by atoms with Crippen LogP contribution in [-0.4, -0.2) is 245 Å². The maximum atomic E-state index is 15.2. The van der Waals surface area contributed by atoms with Gasteiger partial charge in [-0.25, -0.2) is 0 Å². The van der Waals surface area contributed by atoms with E-state index >= 15 is 14.4 Å². The van der Waals surface area contributed by atoms with E-state index in [9.17, 15) is 43.5 Å². The Morgan fingerprint density at radius 2 is 1.07 bits per heavy atom. The van der Waals surface area contributed by atoms with Crippen molar-refractivity contribution >= 4 is 76.7 Å². The molecule has 0 aromatic heterocycles. The summed E-state index contributed by atoms with van der Waals surface area (Å²) in [6, 6.07) is -12.7. The molecule has 11 amide bonds. The van der Waals surface area contributed by atoms with Gasteiger partial charge in [-0.15, -0.1) is 11.8 Å². The molecule has 0 aliphatic carbocycles. The molecule has 1 fully saturated rings. The van der Waals surface area contributed by atoms with E-state index in [-0.39, 0.29) is 55.8 Å². The van der Waals surface area contributed by atoms with E-state index in [1.54, 1.807) is 74.5 Å². The number of amides is 11. The summed E-state index contributed by atoms with van der Waals surface area (Å²) in [5, 5.41) is 23.2. The lowest BCUT2D eigenvalue weighted by Crippen LogP contribution is -2.63. The van der Waals surface area contributed by atoms with Gasteiger partial charge in [-0.05, 0) is 115 Å². The van der Waals surface area contributed by atoms with E-state index in [1.165, 1.54) is 99.4 Å². The molecular formula is C65H117N11O13S. The highest BCUT2D eigenvalue weighted by atomic mass is 32.2. The summed E-state index contributed by atoms with van der Waals surface area (Å²) in [6.07, 6.45) is 5.08. The molecule has 1 heterocycles. The Morgan fingerprint density at radius 3 is 1.57 bits per heavy atom. The third-order valence-electron chi connectivity index (χ3n) is 17.0. The number of likely N-dealkylation sites (N-methyl/N-ethyl adjacent to an activating group) is 7. The molecule has 0 aromatic rings. The molecule has 12 atom stereocenters. The van der Waals surface area contributed by atoms with Crippen molar-refractivity contribution in [3.63, 3.8) is 0 Å². The zero-order valence-electron chi connectivity index (χ0n) is 59.2. The summed E-state index contributed by atoms with van der Waals surface area (Å²) in [6.45, 7) is 29.2. The molecule has 0 aromatic carbocycles. The first-order valence-electron chi connectivity index (χ1n) is 32.0. The maximum absolute atomic E-state index is 15.2. The fourth-order valence-corrected chi connectivity index (χ4v) is 11.5. The molecule has 1 rings (SSSR count). The summed E-state index contributed by atoms with van der Waals surface area (Å²) in [5.41, 5.74) is -1.02. The highest BCUT2D eigenvalue weighted by molar-refractivity contribution is 7.98. The number of nitrogens with zero attached hydrogens (tertiary/aromatic N) is 7. The van der Waals surface area contributed by atoms with Gasteiger partial charge in [0, 0.05) is 55.8 Å². The molecular weight excluding hydrogens is 1170 g/mol. The maximum Gasteiger partial charge on any atom is 0.246 e. The molecule has 1 saturated heterocycles. The van der Waals surface area contributed by atoms with Crippen molar-refractivity contribution in [2.75, 3.05) is 68.1 Å². The summed E-state index contributed by atoms with van der Waals surface area (Å²) in [4.78, 5) is 170. The van der Waals surface area contributed by atoms with Gasteiger partial charge in [0.05, 0.1) is 24.2 Å². The first-order chi connectivity index (χ1) is 41.6. The fraction of sp³-hybridized carbons (Fsp3) is 0.800.